The molecule has 0 saturated heterocycles. The molecular weight excluding hydrogens is 369 g/mol. The van der Waals surface area contributed by atoms with Crippen molar-refractivity contribution in [3.8, 4) is 11.1 Å². The number of rotatable bonds is 5. The van der Waals surface area contributed by atoms with Gasteiger partial charge in [-0.15, -0.1) is 5.10 Å². The lowest BCUT2D eigenvalue weighted by molar-refractivity contribution is 0.0686. The van der Waals surface area contributed by atoms with Crippen LogP contribution in [0.4, 0.5) is 0 Å². The Bertz CT molecular complexity index is 881. The molecule has 24 heavy (non-hydrogen) atoms. The van der Waals surface area contributed by atoms with Gasteiger partial charge in [0.05, 0.1) is 10.0 Å². The number of hydrogen-bond acceptors (Lipinski definition) is 4. The van der Waals surface area contributed by atoms with Gasteiger partial charge in [-0.2, -0.15) is 0 Å². The third kappa shape index (κ3) is 3.72. The van der Waals surface area contributed by atoms with Gasteiger partial charge in [-0.05, 0) is 28.8 Å². The number of nitrogens with zero attached hydrogens (tertiary/aromatic N) is 2. The summed E-state index contributed by atoms with van der Waals surface area (Å²) in [6, 6.07) is 13.4. The van der Waals surface area contributed by atoms with Gasteiger partial charge in [-0.1, -0.05) is 70.5 Å². The van der Waals surface area contributed by atoms with Gasteiger partial charge in [-0.3, -0.25) is 5.10 Å². The highest BCUT2D eigenvalue weighted by Crippen LogP contribution is 2.29. The van der Waals surface area contributed by atoms with Crippen LogP contribution < -0.4 is 0 Å². The lowest BCUT2D eigenvalue weighted by Gasteiger charge is -2.06. The van der Waals surface area contributed by atoms with E-state index >= 15 is 0 Å². The fourth-order valence-corrected chi connectivity index (χ4v) is 3.26. The van der Waals surface area contributed by atoms with E-state index in [1.807, 2.05) is 36.4 Å². The summed E-state index contributed by atoms with van der Waals surface area (Å²) in [4.78, 5) is 11.0. The van der Waals surface area contributed by atoms with Crippen molar-refractivity contribution >= 4 is 40.9 Å². The molecule has 0 aliphatic rings. The average Bonchev–Trinajstić information content (AvgIpc) is 3.05. The fraction of sp³-hybridized carbons (Fsp3) is 0.0625. The maximum absolute atomic E-state index is 11.0. The highest BCUT2D eigenvalue weighted by atomic mass is 35.5. The lowest BCUT2D eigenvalue weighted by atomic mass is 10.0. The molecule has 0 spiro atoms. The molecule has 0 radical (unpaired) electrons. The van der Waals surface area contributed by atoms with E-state index in [4.69, 9.17) is 28.3 Å². The first-order chi connectivity index (χ1) is 11.5. The smallest absolute Gasteiger partial charge is 0.359 e. The molecule has 0 aliphatic carbocycles. The summed E-state index contributed by atoms with van der Waals surface area (Å²) in [5, 5.41) is 20.2. The van der Waals surface area contributed by atoms with Crippen molar-refractivity contribution in [2.24, 2.45) is 0 Å². The summed E-state index contributed by atoms with van der Waals surface area (Å²) in [7, 11) is 0. The minimum atomic E-state index is -1.10. The summed E-state index contributed by atoms with van der Waals surface area (Å²) in [6.45, 7) is 0. The Kier molecular flexibility index (Phi) is 5.08. The molecule has 0 fully saturated rings. The topological polar surface area (TPSA) is 78.9 Å². The van der Waals surface area contributed by atoms with Crippen LogP contribution in [0.2, 0.25) is 10.0 Å². The molecule has 1 aromatic heterocycles. The second-order valence-corrected chi connectivity index (χ2v) is 6.71. The predicted octanol–water partition coefficient (Wildman–Crippen LogP) is 4.77. The van der Waals surface area contributed by atoms with Gasteiger partial charge in [0.1, 0.15) is 5.03 Å². The van der Waals surface area contributed by atoms with Crippen molar-refractivity contribution in [1.29, 1.82) is 0 Å². The number of H-pyrrole nitrogens is 1. The number of aromatic nitrogens is 3. The maximum atomic E-state index is 11.0. The molecule has 0 amide bonds. The quantitative estimate of drug-likeness (QED) is 0.624. The van der Waals surface area contributed by atoms with Gasteiger partial charge in [0.15, 0.2) is 0 Å². The van der Waals surface area contributed by atoms with Crippen LogP contribution in [0, 0.1) is 0 Å². The Hall–Kier alpha value is -2.02. The van der Waals surface area contributed by atoms with E-state index in [1.54, 1.807) is 6.07 Å². The Morgan fingerprint density at radius 1 is 1.08 bits per heavy atom. The number of carbonyl (C=O) groups is 1. The van der Waals surface area contributed by atoms with E-state index in [-0.39, 0.29) is 5.69 Å². The molecule has 1 heterocycles. The summed E-state index contributed by atoms with van der Waals surface area (Å²) in [5.74, 6) is -0.493. The number of halogens is 2. The molecule has 0 atom stereocenters. The van der Waals surface area contributed by atoms with E-state index in [0.29, 0.717) is 20.8 Å². The van der Waals surface area contributed by atoms with Gasteiger partial charge in [0.25, 0.3) is 0 Å². The van der Waals surface area contributed by atoms with E-state index in [9.17, 15) is 4.79 Å². The first-order valence-electron chi connectivity index (χ1n) is 6.86. The highest BCUT2D eigenvalue weighted by Gasteiger charge is 2.14. The van der Waals surface area contributed by atoms with Crippen LogP contribution in [-0.4, -0.2) is 26.5 Å². The van der Waals surface area contributed by atoms with Crippen molar-refractivity contribution in [2.75, 3.05) is 0 Å². The van der Waals surface area contributed by atoms with Crippen LogP contribution in [0.5, 0.6) is 0 Å². The average molecular weight is 380 g/mol. The van der Waals surface area contributed by atoms with Crippen molar-refractivity contribution in [3.63, 3.8) is 0 Å². The van der Waals surface area contributed by atoms with E-state index in [2.05, 4.69) is 15.4 Å². The first kappa shape index (κ1) is 16.8. The molecule has 122 valence electrons. The van der Waals surface area contributed by atoms with Gasteiger partial charge in [0.2, 0.25) is 5.69 Å². The van der Waals surface area contributed by atoms with Crippen molar-refractivity contribution in [2.45, 2.75) is 10.8 Å². The number of nitrogens with one attached hydrogen (secondary N) is 1. The van der Waals surface area contributed by atoms with Crippen LogP contribution in [0.3, 0.4) is 0 Å². The zero-order valence-electron chi connectivity index (χ0n) is 12.2. The normalized spacial score (nSPS) is 10.8. The Morgan fingerprint density at radius 2 is 1.79 bits per heavy atom. The number of aromatic carboxylic acids is 1. The van der Waals surface area contributed by atoms with Crippen molar-refractivity contribution < 1.29 is 9.90 Å². The molecule has 0 aliphatic heterocycles. The van der Waals surface area contributed by atoms with E-state index in [0.717, 1.165) is 16.7 Å². The number of benzene rings is 2. The molecule has 8 heteroatoms. The summed E-state index contributed by atoms with van der Waals surface area (Å²) >= 11 is 13.3. The van der Waals surface area contributed by atoms with E-state index in [1.165, 1.54) is 11.8 Å². The van der Waals surface area contributed by atoms with Crippen LogP contribution in [-0.2, 0) is 5.75 Å². The molecule has 0 unspecified atom stereocenters. The summed E-state index contributed by atoms with van der Waals surface area (Å²) in [6.07, 6.45) is 0. The fourth-order valence-electron chi connectivity index (χ4n) is 2.08. The number of hydrogen-bond donors (Lipinski definition) is 2. The molecule has 0 saturated carbocycles. The first-order valence-corrected chi connectivity index (χ1v) is 8.60. The Morgan fingerprint density at radius 3 is 2.46 bits per heavy atom. The van der Waals surface area contributed by atoms with Gasteiger partial charge in [-0.25, -0.2) is 4.79 Å². The SMILES string of the molecule is O=C(O)c1nn[nH]c1SCc1ccc(-c2ccc(Cl)c(Cl)c2)cc1. The molecule has 3 aromatic rings. The molecule has 5 nitrogen and oxygen atoms in total. The van der Waals surface area contributed by atoms with Crippen LogP contribution in [0.1, 0.15) is 16.1 Å². The third-order valence-electron chi connectivity index (χ3n) is 3.31. The second kappa shape index (κ2) is 7.25. The van der Waals surface area contributed by atoms with Crippen LogP contribution in [0.25, 0.3) is 11.1 Å². The third-order valence-corrected chi connectivity index (χ3v) is 5.10. The Balaban J connectivity index is 1.71. The highest BCUT2D eigenvalue weighted by molar-refractivity contribution is 7.98. The van der Waals surface area contributed by atoms with Crippen LogP contribution in [0.15, 0.2) is 47.5 Å². The van der Waals surface area contributed by atoms with Crippen molar-refractivity contribution in [3.05, 3.63) is 63.8 Å². The minimum Gasteiger partial charge on any atom is -0.476 e. The number of carboxylic acid groups (broad SMARTS) is 1. The monoisotopic (exact) mass is 379 g/mol. The predicted molar refractivity (Wildman–Crippen MR) is 94.8 cm³/mol. The largest absolute Gasteiger partial charge is 0.476 e. The zero-order valence-corrected chi connectivity index (χ0v) is 14.5. The number of aromatic amines is 1. The van der Waals surface area contributed by atoms with Gasteiger partial charge in [0, 0.05) is 5.75 Å². The van der Waals surface area contributed by atoms with Crippen LogP contribution >= 0.6 is 35.0 Å². The minimum absolute atomic E-state index is 0.0626. The molecule has 2 aromatic carbocycles. The van der Waals surface area contributed by atoms with Crippen molar-refractivity contribution in [1.82, 2.24) is 15.4 Å². The zero-order chi connectivity index (χ0) is 17.1. The van der Waals surface area contributed by atoms with Gasteiger partial charge < -0.3 is 5.11 Å². The number of carboxylic acids is 1. The molecular formula is C16H11Cl2N3O2S. The molecule has 2 N–H and O–H groups in total. The number of thioether (sulfide) groups is 1. The summed E-state index contributed by atoms with van der Waals surface area (Å²) in [5.41, 5.74) is 2.99. The molecule has 3 rings (SSSR count). The van der Waals surface area contributed by atoms with E-state index < -0.39 is 5.97 Å². The lowest BCUT2D eigenvalue weighted by Crippen LogP contribution is -1.98. The van der Waals surface area contributed by atoms with Gasteiger partial charge >= 0.3 is 5.97 Å². The second-order valence-electron chi connectivity index (χ2n) is 4.91. The Labute approximate surface area is 152 Å². The standard InChI is InChI=1S/C16H11Cl2N3O2S/c17-12-6-5-11(7-13(12)18)10-3-1-9(2-4-10)8-24-15-14(16(22)23)19-21-20-15/h1-7H,8H2,(H,22,23)(H,19,20,21). The maximum Gasteiger partial charge on any atom is 0.359 e. The summed E-state index contributed by atoms with van der Waals surface area (Å²) < 4.78 is 0. The molecule has 0 bridgehead atoms.